The lowest BCUT2D eigenvalue weighted by atomic mass is 10.3. The topological polar surface area (TPSA) is 22.0 Å². The Labute approximate surface area is 90.1 Å². The zero-order chi connectivity index (χ0) is 10.1. The lowest BCUT2D eigenvalue weighted by molar-refractivity contribution is 0.842. The minimum absolute atomic E-state index is 0.0298. The zero-order valence-corrected chi connectivity index (χ0v) is 8.94. The molecule has 0 aliphatic carbocycles. The van der Waals surface area contributed by atoms with Gasteiger partial charge in [0.05, 0.1) is 10.2 Å². The molecule has 1 aromatic carbocycles. The van der Waals surface area contributed by atoms with Crippen LogP contribution < -0.4 is 4.87 Å². The molecule has 72 valence electrons. The van der Waals surface area contributed by atoms with Crippen LogP contribution in [0.2, 0.25) is 5.02 Å². The van der Waals surface area contributed by atoms with Gasteiger partial charge in [0.2, 0.25) is 0 Å². The predicted molar refractivity (Wildman–Crippen MR) is 61.3 cm³/mol. The van der Waals surface area contributed by atoms with Gasteiger partial charge in [-0.1, -0.05) is 29.0 Å². The van der Waals surface area contributed by atoms with Crippen molar-refractivity contribution in [2.45, 2.75) is 6.54 Å². The summed E-state index contributed by atoms with van der Waals surface area (Å²) in [5.41, 5.74) is 0.882. The Hall–Kier alpha value is -1.06. The fourth-order valence-electron chi connectivity index (χ4n) is 1.34. The minimum Gasteiger partial charge on any atom is -0.295 e. The minimum atomic E-state index is 0.0298. The van der Waals surface area contributed by atoms with E-state index in [4.69, 9.17) is 11.6 Å². The van der Waals surface area contributed by atoms with Crippen molar-refractivity contribution in [3.63, 3.8) is 0 Å². The SMILES string of the molecule is C=CCn1c(=O)sc2ccc(Cl)cc21. The van der Waals surface area contributed by atoms with Crippen molar-refractivity contribution in [2.75, 3.05) is 0 Å². The second-order valence-electron chi connectivity index (χ2n) is 2.88. The summed E-state index contributed by atoms with van der Waals surface area (Å²) in [6, 6.07) is 5.46. The number of hydrogen-bond donors (Lipinski definition) is 0. The van der Waals surface area contributed by atoms with Gasteiger partial charge in [0, 0.05) is 11.6 Å². The quantitative estimate of drug-likeness (QED) is 0.721. The van der Waals surface area contributed by atoms with Gasteiger partial charge in [-0.15, -0.1) is 6.58 Å². The molecular formula is C10H8ClNOS. The Morgan fingerprint density at radius 1 is 1.57 bits per heavy atom. The predicted octanol–water partition coefficient (Wildman–Crippen LogP) is 2.90. The summed E-state index contributed by atoms with van der Waals surface area (Å²) in [6.07, 6.45) is 1.70. The summed E-state index contributed by atoms with van der Waals surface area (Å²) < 4.78 is 2.63. The third kappa shape index (κ3) is 1.49. The van der Waals surface area contributed by atoms with E-state index in [0.29, 0.717) is 11.6 Å². The highest BCUT2D eigenvalue weighted by Crippen LogP contribution is 2.21. The van der Waals surface area contributed by atoms with Crippen LogP contribution in [0.1, 0.15) is 0 Å². The van der Waals surface area contributed by atoms with Crippen LogP contribution in [0.3, 0.4) is 0 Å². The average Bonchev–Trinajstić information content (AvgIpc) is 2.45. The number of fused-ring (bicyclic) bond motifs is 1. The highest BCUT2D eigenvalue weighted by molar-refractivity contribution is 7.16. The van der Waals surface area contributed by atoms with Crippen LogP contribution in [0.4, 0.5) is 0 Å². The number of hydrogen-bond acceptors (Lipinski definition) is 2. The normalized spacial score (nSPS) is 10.6. The molecule has 0 aliphatic heterocycles. The molecule has 0 N–H and O–H groups in total. The summed E-state index contributed by atoms with van der Waals surface area (Å²) in [6.45, 7) is 4.14. The van der Waals surface area contributed by atoms with Crippen LogP contribution in [0, 0.1) is 0 Å². The molecule has 0 unspecified atom stereocenters. The smallest absolute Gasteiger partial charge is 0.295 e. The molecule has 0 radical (unpaired) electrons. The van der Waals surface area contributed by atoms with E-state index in [9.17, 15) is 4.79 Å². The lowest BCUT2D eigenvalue weighted by Gasteiger charge is -1.98. The largest absolute Gasteiger partial charge is 0.308 e. The van der Waals surface area contributed by atoms with Crippen molar-refractivity contribution in [3.05, 3.63) is 45.5 Å². The van der Waals surface area contributed by atoms with Gasteiger partial charge in [0.15, 0.2) is 0 Å². The van der Waals surface area contributed by atoms with Gasteiger partial charge < -0.3 is 0 Å². The van der Waals surface area contributed by atoms with Gasteiger partial charge in [-0.25, -0.2) is 0 Å². The van der Waals surface area contributed by atoms with E-state index in [2.05, 4.69) is 6.58 Å². The first-order valence-corrected chi connectivity index (χ1v) is 5.31. The van der Waals surface area contributed by atoms with Crippen LogP contribution in [-0.4, -0.2) is 4.57 Å². The first-order valence-electron chi connectivity index (χ1n) is 4.12. The lowest BCUT2D eigenvalue weighted by Crippen LogP contribution is -2.10. The molecule has 0 atom stereocenters. The third-order valence-electron chi connectivity index (χ3n) is 1.94. The Morgan fingerprint density at radius 2 is 2.36 bits per heavy atom. The van der Waals surface area contributed by atoms with Gasteiger partial charge in [0.1, 0.15) is 0 Å². The first-order chi connectivity index (χ1) is 6.72. The van der Waals surface area contributed by atoms with Crippen molar-refractivity contribution >= 4 is 33.2 Å². The molecule has 1 heterocycles. The van der Waals surface area contributed by atoms with Crippen LogP contribution in [0.5, 0.6) is 0 Å². The fraction of sp³-hybridized carbons (Fsp3) is 0.100. The summed E-state index contributed by atoms with van der Waals surface area (Å²) >= 11 is 7.09. The van der Waals surface area contributed by atoms with Gasteiger partial charge >= 0.3 is 4.87 Å². The van der Waals surface area contributed by atoms with Crippen LogP contribution in [0.15, 0.2) is 35.6 Å². The van der Waals surface area contributed by atoms with Gasteiger partial charge in [0.25, 0.3) is 0 Å². The van der Waals surface area contributed by atoms with E-state index in [1.54, 1.807) is 22.8 Å². The number of nitrogens with zero attached hydrogens (tertiary/aromatic N) is 1. The molecule has 4 heteroatoms. The second-order valence-corrected chi connectivity index (χ2v) is 4.31. The molecule has 0 amide bonds. The molecule has 0 saturated carbocycles. The number of halogens is 1. The summed E-state index contributed by atoms with van der Waals surface area (Å²) in [7, 11) is 0. The molecule has 0 aliphatic rings. The number of allylic oxidation sites excluding steroid dienone is 1. The van der Waals surface area contributed by atoms with E-state index < -0.39 is 0 Å². The van der Waals surface area contributed by atoms with E-state index in [1.807, 2.05) is 6.07 Å². The van der Waals surface area contributed by atoms with E-state index >= 15 is 0 Å². The number of rotatable bonds is 2. The number of thiazole rings is 1. The van der Waals surface area contributed by atoms with Crippen molar-refractivity contribution < 1.29 is 0 Å². The summed E-state index contributed by atoms with van der Waals surface area (Å²) in [4.78, 5) is 11.6. The monoisotopic (exact) mass is 225 g/mol. The molecule has 0 saturated heterocycles. The Morgan fingerprint density at radius 3 is 3.07 bits per heavy atom. The molecule has 2 aromatic rings. The van der Waals surface area contributed by atoms with Crippen molar-refractivity contribution in [2.24, 2.45) is 0 Å². The van der Waals surface area contributed by atoms with Crippen LogP contribution in [0.25, 0.3) is 10.2 Å². The molecule has 0 spiro atoms. The molecular weight excluding hydrogens is 218 g/mol. The number of aromatic nitrogens is 1. The maximum absolute atomic E-state index is 11.5. The highest BCUT2D eigenvalue weighted by atomic mass is 35.5. The summed E-state index contributed by atoms with van der Waals surface area (Å²) in [5, 5.41) is 0.646. The molecule has 2 rings (SSSR count). The standard InChI is InChI=1S/C10H8ClNOS/c1-2-5-12-8-6-7(11)3-4-9(8)14-10(12)13/h2-4,6H,1,5H2. The first kappa shape index (κ1) is 9.49. The van der Waals surface area contributed by atoms with Crippen molar-refractivity contribution in [1.29, 1.82) is 0 Å². The molecule has 0 fully saturated rings. The molecule has 1 aromatic heterocycles. The maximum Gasteiger partial charge on any atom is 0.308 e. The third-order valence-corrected chi connectivity index (χ3v) is 3.14. The van der Waals surface area contributed by atoms with E-state index in [0.717, 1.165) is 10.2 Å². The van der Waals surface area contributed by atoms with Gasteiger partial charge in [-0.05, 0) is 18.2 Å². The Bertz CT molecular complexity index is 541. The Kier molecular flexibility index (Phi) is 2.44. The van der Waals surface area contributed by atoms with E-state index in [1.165, 1.54) is 11.3 Å². The van der Waals surface area contributed by atoms with Crippen molar-refractivity contribution in [1.82, 2.24) is 4.57 Å². The maximum atomic E-state index is 11.5. The fourth-order valence-corrected chi connectivity index (χ4v) is 2.38. The van der Waals surface area contributed by atoms with Gasteiger partial charge in [-0.3, -0.25) is 9.36 Å². The molecule has 14 heavy (non-hydrogen) atoms. The van der Waals surface area contributed by atoms with Crippen LogP contribution in [-0.2, 0) is 6.54 Å². The highest BCUT2D eigenvalue weighted by Gasteiger charge is 2.05. The Balaban J connectivity index is 2.79. The second kappa shape index (κ2) is 3.59. The van der Waals surface area contributed by atoms with Gasteiger partial charge in [-0.2, -0.15) is 0 Å². The zero-order valence-electron chi connectivity index (χ0n) is 7.37. The molecule has 2 nitrogen and oxygen atoms in total. The van der Waals surface area contributed by atoms with Crippen LogP contribution >= 0.6 is 22.9 Å². The average molecular weight is 226 g/mol. The van der Waals surface area contributed by atoms with Crippen molar-refractivity contribution in [3.8, 4) is 0 Å². The summed E-state index contributed by atoms with van der Waals surface area (Å²) in [5.74, 6) is 0. The van der Waals surface area contributed by atoms with E-state index in [-0.39, 0.29) is 4.87 Å². The molecule has 0 bridgehead atoms. The number of benzene rings is 1.